The summed E-state index contributed by atoms with van der Waals surface area (Å²) >= 11 is 0. The minimum Gasteiger partial charge on any atom is -0.481 e. The van der Waals surface area contributed by atoms with Crippen LogP contribution in [0, 0.1) is 0 Å². The van der Waals surface area contributed by atoms with Gasteiger partial charge in [-0.25, -0.2) is 4.79 Å². The van der Waals surface area contributed by atoms with Gasteiger partial charge in [0.1, 0.15) is 6.54 Å². The summed E-state index contributed by atoms with van der Waals surface area (Å²) in [6, 6.07) is 0.588. The normalized spacial score (nSPS) is 18.5. The third kappa shape index (κ3) is 3.78. The van der Waals surface area contributed by atoms with E-state index < -0.39 is 29.2 Å². The number of carbonyl (C=O) groups excluding carboxylic acids is 1. The summed E-state index contributed by atoms with van der Waals surface area (Å²) in [5.74, 6) is -1.41. The van der Waals surface area contributed by atoms with Crippen molar-refractivity contribution in [2.45, 2.75) is 19.0 Å². The van der Waals surface area contributed by atoms with Crippen LogP contribution in [0.15, 0.2) is 21.9 Å². The van der Waals surface area contributed by atoms with Gasteiger partial charge in [-0.05, 0) is 0 Å². The van der Waals surface area contributed by atoms with Crippen molar-refractivity contribution in [3.05, 3.63) is 33.1 Å². The quantitative estimate of drug-likeness (QED) is 0.679. The third-order valence-corrected chi connectivity index (χ3v) is 3.16. The van der Waals surface area contributed by atoms with Gasteiger partial charge in [0.25, 0.3) is 5.56 Å². The molecule has 1 fully saturated rings. The second-order valence-electron chi connectivity index (χ2n) is 4.65. The van der Waals surface area contributed by atoms with E-state index in [4.69, 9.17) is 9.84 Å². The SMILES string of the molecule is O=C(O)CC1COCCN1C(=O)Cn1ccc(=O)[nH]c1=O. The number of morpholine rings is 1. The van der Waals surface area contributed by atoms with Crippen molar-refractivity contribution in [1.29, 1.82) is 0 Å². The Morgan fingerprint density at radius 1 is 1.43 bits per heavy atom. The smallest absolute Gasteiger partial charge is 0.328 e. The van der Waals surface area contributed by atoms with Crippen molar-refractivity contribution in [2.75, 3.05) is 19.8 Å². The summed E-state index contributed by atoms with van der Waals surface area (Å²) < 4.78 is 6.25. The van der Waals surface area contributed by atoms with Crippen LogP contribution in [0.2, 0.25) is 0 Å². The lowest BCUT2D eigenvalue weighted by Gasteiger charge is -2.34. The summed E-state index contributed by atoms with van der Waals surface area (Å²) in [7, 11) is 0. The highest BCUT2D eigenvalue weighted by atomic mass is 16.5. The van der Waals surface area contributed by atoms with Crippen LogP contribution in [-0.4, -0.2) is 57.2 Å². The summed E-state index contributed by atoms with van der Waals surface area (Å²) in [6.45, 7) is 0.488. The first-order valence-corrected chi connectivity index (χ1v) is 6.36. The molecule has 9 nitrogen and oxygen atoms in total. The Balaban J connectivity index is 2.11. The van der Waals surface area contributed by atoms with E-state index in [1.807, 2.05) is 0 Å². The molecule has 21 heavy (non-hydrogen) atoms. The van der Waals surface area contributed by atoms with Crippen LogP contribution < -0.4 is 11.2 Å². The van der Waals surface area contributed by atoms with E-state index in [1.54, 1.807) is 0 Å². The van der Waals surface area contributed by atoms with Gasteiger partial charge in [0.05, 0.1) is 25.7 Å². The molecule has 2 N–H and O–H groups in total. The molecule has 0 bridgehead atoms. The minimum atomic E-state index is -1.02. The van der Waals surface area contributed by atoms with Crippen LogP contribution in [0.3, 0.4) is 0 Å². The highest BCUT2D eigenvalue weighted by Gasteiger charge is 2.29. The lowest BCUT2D eigenvalue weighted by atomic mass is 10.1. The molecule has 1 aromatic heterocycles. The fraction of sp³-hybridized carbons (Fsp3) is 0.500. The Morgan fingerprint density at radius 3 is 2.86 bits per heavy atom. The van der Waals surface area contributed by atoms with Crippen LogP contribution in [0.4, 0.5) is 0 Å². The Morgan fingerprint density at radius 2 is 2.19 bits per heavy atom. The monoisotopic (exact) mass is 297 g/mol. The zero-order valence-corrected chi connectivity index (χ0v) is 11.2. The maximum Gasteiger partial charge on any atom is 0.328 e. The fourth-order valence-corrected chi connectivity index (χ4v) is 2.16. The fourth-order valence-electron chi connectivity index (χ4n) is 2.16. The number of ether oxygens (including phenoxy) is 1. The van der Waals surface area contributed by atoms with E-state index in [2.05, 4.69) is 4.98 Å². The largest absolute Gasteiger partial charge is 0.481 e. The zero-order chi connectivity index (χ0) is 15.4. The first kappa shape index (κ1) is 15.0. The molecule has 0 saturated carbocycles. The first-order chi connectivity index (χ1) is 9.97. The van der Waals surface area contributed by atoms with Crippen molar-refractivity contribution in [3.8, 4) is 0 Å². The second kappa shape index (κ2) is 6.35. The lowest BCUT2D eigenvalue weighted by molar-refractivity contribution is -0.146. The molecule has 9 heteroatoms. The topological polar surface area (TPSA) is 122 Å². The predicted molar refractivity (Wildman–Crippen MR) is 69.9 cm³/mol. The Bertz CT molecular complexity index is 649. The number of rotatable bonds is 4. The Kier molecular flexibility index (Phi) is 4.53. The molecule has 1 aliphatic rings. The van der Waals surface area contributed by atoms with Crippen molar-refractivity contribution < 1.29 is 19.4 Å². The van der Waals surface area contributed by atoms with E-state index >= 15 is 0 Å². The summed E-state index contributed by atoms with van der Waals surface area (Å²) in [5.41, 5.74) is -1.22. The average Bonchev–Trinajstić information content (AvgIpc) is 2.42. The Hall–Kier alpha value is -2.42. The maximum absolute atomic E-state index is 12.2. The summed E-state index contributed by atoms with van der Waals surface area (Å²) in [5, 5.41) is 8.84. The van der Waals surface area contributed by atoms with E-state index in [0.29, 0.717) is 6.61 Å². The van der Waals surface area contributed by atoms with E-state index in [-0.39, 0.29) is 26.1 Å². The van der Waals surface area contributed by atoms with Crippen LogP contribution in [0.1, 0.15) is 6.42 Å². The number of carboxylic acids is 1. The number of carbonyl (C=O) groups is 2. The highest BCUT2D eigenvalue weighted by Crippen LogP contribution is 2.11. The molecule has 0 radical (unpaired) electrons. The number of amides is 1. The third-order valence-electron chi connectivity index (χ3n) is 3.16. The van der Waals surface area contributed by atoms with Gasteiger partial charge < -0.3 is 14.7 Å². The number of hydrogen-bond acceptors (Lipinski definition) is 5. The average molecular weight is 297 g/mol. The van der Waals surface area contributed by atoms with Gasteiger partial charge in [0.15, 0.2) is 0 Å². The van der Waals surface area contributed by atoms with E-state index in [1.165, 1.54) is 11.1 Å². The molecule has 1 aromatic rings. The van der Waals surface area contributed by atoms with E-state index in [9.17, 15) is 19.2 Å². The number of H-pyrrole nitrogens is 1. The molecule has 1 amide bonds. The Labute approximate surface area is 118 Å². The predicted octanol–water partition coefficient (Wildman–Crippen LogP) is -1.76. The summed E-state index contributed by atoms with van der Waals surface area (Å²) in [6.07, 6.45) is 1.01. The van der Waals surface area contributed by atoms with E-state index in [0.717, 1.165) is 10.6 Å². The maximum atomic E-state index is 12.2. The number of aromatic nitrogens is 2. The molecule has 1 aliphatic heterocycles. The van der Waals surface area contributed by atoms with Crippen molar-refractivity contribution in [1.82, 2.24) is 14.5 Å². The van der Waals surface area contributed by atoms with Gasteiger partial charge in [0, 0.05) is 18.8 Å². The number of nitrogens with zero attached hydrogens (tertiary/aromatic N) is 2. The van der Waals surface area contributed by atoms with Gasteiger partial charge >= 0.3 is 11.7 Å². The van der Waals surface area contributed by atoms with Gasteiger partial charge in [-0.1, -0.05) is 0 Å². The highest BCUT2D eigenvalue weighted by molar-refractivity contribution is 5.77. The number of aromatic amines is 1. The molecule has 0 spiro atoms. The second-order valence-corrected chi connectivity index (χ2v) is 4.65. The molecule has 0 aromatic carbocycles. The van der Waals surface area contributed by atoms with Crippen molar-refractivity contribution >= 4 is 11.9 Å². The first-order valence-electron chi connectivity index (χ1n) is 6.36. The molecular formula is C12H15N3O6. The summed E-state index contributed by atoms with van der Waals surface area (Å²) in [4.78, 5) is 49.0. The molecule has 1 atom stereocenters. The van der Waals surface area contributed by atoms with Gasteiger partial charge in [-0.3, -0.25) is 23.9 Å². The van der Waals surface area contributed by atoms with Crippen molar-refractivity contribution in [3.63, 3.8) is 0 Å². The molecule has 114 valence electrons. The molecule has 2 rings (SSSR count). The molecule has 1 saturated heterocycles. The van der Waals surface area contributed by atoms with Crippen molar-refractivity contribution in [2.24, 2.45) is 0 Å². The molecule has 0 aliphatic carbocycles. The van der Waals surface area contributed by atoms with Gasteiger partial charge in [-0.15, -0.1) is 0 Å². The zero-order valence-electron chi connectivity index (χ0n) is 11.2. The minimum absolute atomic E-state index is 0.151. The van der Waals surface area contributed by atoms with Crippen LogP contribution in [0.25, 0.3) is 0 Å². The standard InChI is InChI=1S/C12H15N3O6/c16-9-1-2-14(12(20)13-9)6-10(17)15-3-4-21-7-8(15)5-11(18)19/h1-2,8H,3-7H2,(H,18,19)(H,13,16,20). The number of carboxylic acid groups (broad SMARTS) is 1. The number of nitrogens with one attached hydrogen (secondary N) is 1. The van der Waals surface area contributed by atoms with Crippen LogP contribution in [-0.2, 0) is 20.9 Å². The molecule has 2 heterocycles. The number of hydrogen-bond donors (Lipinski definition) is 2. The van der Waals surface area contributed by atoms with Crippen LogP contribution in [0.5, 0.6) is 0 Å². The molecule has 1 unspecified atom stereocenters. The van der Waals surface area contributed by atoms with Gasteiger partial charge in [0.2, 0.25) is 5.91 Å². The lowest BCUT2D eigenvalue weighted by Crippen LogP contribution is -2.51. The molecular weight excluding hydrogens is 282 g/mol. The van der Waals surface area contributed by atoms with Crippen LogP contribution >= 0.6 is 0 Å². The van der Waals surface area contributed by atoms with Gasteiger partial charge in [-0.2, -0.15) is 0 Å². The number of aliphatic carboxylic acids is 1.